The minimum absolute atomic E-state index is 0.275. The average molecular weight is 198 g/mol. The van der Waals surface area contributed by atoms with E-state index < -0.39 is 11.9 Å². The summed E-state index contributed by atoms with van der Waals surface area (Å²) in [6.45, 7) is 7.14. The van der Waals surface area contributed by atoms with Crippen molar-refractivity contribution in [1.82, 2.24) is 0 Å². The van der Waals surface area contributed by atoms with Gasteiger partial charge in [-0.05, 0) is 13.3 Å². The highest BCUT2D eigenvalue weighted by Gasteiger charge is 2.00. The first-order chi connectivity index (χ1) is 6.57. The molecule has 0 fully saturated rings. The van der Waals surface area contributed by atoms with Crippen LogP contribution < -0.4 is 0 Å². The highest BCUT2D eigenvalue weighted by atomic mass is 16.5. The molecule has 0 aromatic rings. The van der Waals surface area contributed by atoms with Crippen molar-refractivity contribution in [3.05, 3.63) is 24.5 Å². The summed E-state index contributed by atoms with van der Waals surface area (Å²) >= 11 is 0. The maximum Gasteiger partial charge on any atom is 0.337 e. The molecule has 0 aliphatic rings. The summed E-state index contributed by atoms with van der Waals surface area (Å²) < 4.78 is 9.23. The molecule has 0 atom stereocenters. The summed E-state index contributed by atoms with van der Waals surface area (Å²) in [5.74, 6) is -1.09. The van der Waals surface area contributed by atoms with Crippen LogP contribution in [0.1, 0.15) is 20.3 Å². The molecule has 0 aliphatic carbocycles. The quantitative estimate of drug-likeness (QED) is 0.382. The van der Waals surface area contributed by atoms with Crippen LogP contribution in [0.4, 0.5) is 0 Å². The van der Waals surface area contributed by atoms with Crippen LogP contribution >= 0.6 is 0 Å². The van der Waals surface area contributed by atoms with Gasteiger partial charge in [0.15, 0.2) is 0 Å². The normalized spacial score (nSPS) is 9.86. The first-order valence-corrected chi connectivity index (χ1v) is 4.27. The average Bonchev–Trinajstić information content (AvgIpc) is 2.14. The van der Waals surface area contributed by atoms with Crippen molar-refractivity contribution < 1.29 is 19.1 Å². The number of ether oxygens (including phenoxy) is 2. The lowest BCUT2D eigenvalue weighted by molar-refractivity contribution is -0.138. The van der Waals surface area contributed by atoms with Crippen molar-refractivity contribution in [2.75, 3.05) is 6.61 Å². The summed E-state index contributed by atoms with van der Waals surface area (Å²) in [4.78, 5) is 21.6. The predicted octanol–water partition coefficient (Wildman–Crippen LogP) is 1.57. The van der Waals surface area contributed by atoms with Gasteiger partial charge in [0.25, 0.3) is 0 Å². The van der Waals surface area contributed by atoms with E-state index in [0.717, 1.165) is 18.8 Å². The van der Waals surface area contributed by atoms with Crippen molar-refractivity contribution in [2.45, 2.75) is 20.3 Å². The van der Waals surface area contributed by atoms with E-state index >= 15 is 0 Å². The van der Waals surface area contributed by atoms with Crippen LogP contribution in [-0.4, -0.2) is 18.5 Å². The van der Waals surface area contributed by atoms with Crippen molar-refractivity contribution in [3.8, 4) is 0 Å². The standard InChI is InChI=1S/C10H14O4/c1-4-6-13-9(11)5-7-14-10(12)8(2)3/h5,7H,2,4,6H2,1,3H3. The Morgan fingerprint density at radius 1 is 1.43 bits per heavy atom. The molecule has 0 saturated heterocycles. The van der Waals surface area contributed by atoms with E-state index in [1.807, 2.05) is 6.92 Å². The van der Waals surface area contributed by atoms with Crippen LogP contribution in [0.3, 0.4) is 0 Å². The molecule has 78 valence electrons. The summed E-state index contributed by atoms with van der Waals surface area (Å²) in [6.07, 6.45) is 2.80. The van der Waals surface area contributed by atoms with Crippen LogP contribution in [0, 0.1) is 0 Å². The molecule has 0 aliphatic heterocycles. The monoisotopic (exact) mass is 198 g/mol. The third kappa shape index (κ3) is 5.99. The Morgan fingerprint density at radius 3 is 2.57 bits per heavy atom. The summed E-state index contributed by atoms with van der Waals surface area (Å²) in [7, 11) is 0. The van der Waals surface area contributed by atoms with Gasteiger partial charge in [-0.2, -0.15) is 0 Å². The van der Waals surface area contributed by atoms with Gasteiger partial charge in [-0.25, -0.2) is 9.59 Å². The number of rotatable bonds is 5. The van der Waals surface area contributed by atoms with Gasteiger partial charge in [-0.3, -0.25) is 0 Å². The topological polar surface area (TPSA) is 52.6 Å². The van der Waals surface area contributed by atoms with Gasteiger partial charge in [0.1, 0.15) is 6.26 Å². The molecule has 0 rings (SSSR count). The number of hydrogen-bond donors (Lipinski definition) is 0. The van der Waals surface area contributed by atoms with Crippen molar-refractivity contribution in [3.63, 3.8) is 0 Å². The molecule has 0 spiro atoms. The highest BCUT2D eigenvalue weighted by Crippen LogP contribution is 1.93. The Bertz CT molecular complexity index is 253. The van der Waals surface area contributed by atoms with E-state index in [4.69, 9.17) is 4.74 Å². The second-order valence-electron chi connectivity index (χ2n) is 2.66. The zero-order chi connectivity index (χ0) is 11.0. The smallest absolute Gasteiger partial charge is 0.337 e. The van der Waals surface area contributed by atoms with Crippen LogP contribution in [0.5, 0.6) is 0 Å². The third-order valence-electron chi connectivity index (χ3n) is 1.18. The van der Waals surface area contributed by atoms with Gasteiger partial charge in [-0.1, -0.05) is 13.5 Å². The summed E-state index contributed by atoms with van der Waals surface area (Å²) in [6, 6.07) is 0. The van der Waals surface area contributed by atoms with Gasteiger partial charge in [0, 0.05) is 5.57 Å². The van der Waals surface area contributed by atoms with Gasteiger partial charge >= 0.3 is 11.9 Å². The molecule has 4 nitrogen and oxygen atoms in total. The molecule has 0 amide bonds. The molecule has 0 radical (unpaired) electrons. The largest absolute Gasteiger partial charge is 0.462 e. The van der Waals surface area contributed by atoms with E-state index in [2.05, 4.69) is 11.3 Å². The van der Waals surface area contributed by atoms with Crippen molar-refractivity contribution in [1.29, 1.82) is 0 Å². The fourth-order valence-corrected chi connectivity index (χ4v) is 0.503. The lowest BCUT2D eigenvalue weighted by atomic mass is 10.4. The third-order valence-corrected chi connectivity index (χ3v) is 1.18. The molecule has 0 heterocycles. The number of hydrogen-bond acceptors (Lipinski definition) is 4. The first-order valence-electron chi connectivity index (χ1n) is 4.27. The van der Waals surface area contributed by atoms with E-state index in [1.54, 1.807) is 0 Å². The Morgan fingerprint density at radius 2 is 2.07 bits per heavy atom. The predicted molar refractivity (Wildman–Crippen MR) is 51.3 cm³/mol. The molecule has 0 bridgehead atoms. The zero-order valence-electron chi connectivity index (χ0n) is 8.41. The lowest BCUT2D eigenvalue weighted by Crippen LogP contribution is -2.03. The minimum Gasteiger partial charge on any atom is -0.462 e. The molecule has 0 aromatic carbocycles. The maximum absolute atomic E-state index is 10.8. The van der Waals surface area contributed by atoms with Crippen LogP contribution in [0.2, 0.25) is 0 Å². The Kier molecular flexibility index (Phi) is 6.11. The number of esters is 2. The van der Waals surface area contributed by atoms with Gasteiger partial charge < -0.3 is 9.47 Å². The fraction of sp³-hybridized carbons (Fsp3) is 0.400. The molecule has 0 unspecified atom stereocenters. The molecule has 14 heavy (non-hydrogen) atoms. The molecule has 0 saturated carbocycles. The van der Waals surface area contributed by atoms with Gasteiger partial charge in [0.05, 0.1) is 12.7 Å². The van der Waals surface area contributed by atoms with Crippen molar-refractivity contribution >= 4 is 11.9 Å². The Labute approximate surface area is 83.2 Å². The number of carbonyl (C=O) groups excluding carboxylic acids is 2. The minimum atomic E-state index is -0.565. The fourth-order valence-electron chi connectivity index (χ4n) is 0.503. The molecule has 0 N–H and O–H groups in total. The highest BCUT2D eigenvalue weighted by molar-refractivity contribution is 5.88. The maximum atomic E-state index is 10.8. The summed E-state index contributed by atoms with van der Waals surface area (Å²) in [5.41, 5.74) is 0.275. The van der Waals surface area contributed by atoms with E-state index in [0.29, 0.717) is 6.61 Å². The second-order valence-corrected chi connectivity index (χ2v) is 2.66. The molecule has 4 heteroatoms. The van der Waals surface area contributed by atoms with Gasteiger partial charge in [-0.15, -0.1) is 0 Å². The Balaban J connectivity index is 3.77. The summed E-state index contributed by atoms with van der Waals surface area (Å²) in [5, 5.41) is 0. The molecule has 0 aromatic heterocycles. The van der Waals surface area contributed by atoms with Gasteiger partial charge in [0.2, 0.25) is 0 Å². The molecular formula is C10H14O4. The second kappa shape index (κ2) is 6.88. The SMILES string of the molecule is C=C(C)C(=O)OC=CC(=O)OCCC. The Hall–Kier alpha value is -1.58. The molecular weight excluding hydrogens is 184 g/mol. The number of carbonyl (C=O) groups is 2. The van der Waals surface area contributed by atoms with Crippen LogP contribution in [-0.2, 0) is 19.1 Å². The lowest BCUT2D eigenvalue weighted by Gasteiger charge is -1.98. The van der Waals surface area contributed by atoms with E-state index in [-0.39, 0.29) is 5.57 Å². The zero-order valence-corrected chi connectivity index (χ0v) is 8.41. The first kappa shape index (κ1) is 12.4. The van der Waals surface area contributed by atoms with Crippen molar-refractivity contribution in [2.24, 2.45) is 0 Å². The van der Waals surface area contributed by atoms with Crippen LogP contribution in [0.25, 0.3) is 0 Å². The van der Waals surface area contributed by atoms with Crippen LogP contribution in [0.15, 0.2) is 24.5 Å². The van der Waals surface area contributed by atoms with E-state index in [9.17, 15) is 9.59 Å². The van der Waals surface area contributed by atoms with E-state index in [1.165, 1.54) is 6.92 Å².